The Morgan fingerprint density at radius 1 is 1.17 bits per heavy atom. The van der Waals surface area contributed by atoms with Crippen molar-refractivity contribution in [2.45, 2.75) is 11.3 Å². The highest BCUT2D eigenvalue weighted by molar-refractivity contribution is 7.90. The van der Waals surface area contributed by atoms with E-state index in [9.17, 15) is 8.42 Å². The fourth-order valence-electron chi connectivity index (χ4n) is 2.57. The summed E-state index contributed by atoms with van der Waals surface area (Å²) >= 11 is 1.44. The van der Waals surface area contributed by atoms with Crippen LogP contribution in [0.2, 0.25) is 0 Å². The second-order valence-corrected chi connectivity index (χ2v) is 8.53. The summed E-state index contributed by atoms with van der Waals surface area (Å²) in [5.41, 5.74) is 1.05. The summed E-state index contributed by atoms with van der Waals surface area (Å²) in [7, 11) is 1.96. The summed E-state index contributed by atoms with van der Waals surface area (Å²) in [6.07, 6.45) is 2.57. The minimum absolute atomic E-state index is 0.257. The van der Waals surface area contributed by atoms with Gasteiger partial charge in [0.2, 0.25) is 0 Å². The van der Waals surface area contributed by atoms with Gasteiger partial charge in [-0.25, -0.2) is 12.4 Å². The maximum atomic E-state index is 13.0. The number of hydrogen-bond donors (Lipinski definition) is 0. The fourth-order valence-corrected chi connectivity index (χ4v) is 5.10. The second-order valence-electron chi connectivity index (χ2n) is 5.82. The third-order valence-corrected chi connectivity index (χ3v) is 6.61. The van der Waals surface area contributed by atoms with E-state index in [0.29, 0.717) is 5.75 Å². The molecule has 0 aliphatic carbocycles. The number of benzene rings is 1. The quantitative estimate of drug-likeness (QED) is 0.675. The van der Waals surface area contributed by atoms with E-state index in [-0.39, 0.29) is 4.90 Å². The molecular weight excluding hydrogens is 344 g/mol. The van der Waals surface area contributed by atoms with Gasteiger partial charge in [-0.1, -0.05) is 0 Å². The van der Waals surface area contributed by atoms with E-state index in [1.165, 1.54) is 15.3 Å². The molecule has 0 atom stereocenters. The van der Waals surface area contributed by atoms with Crippen LogP contribution in [0.15, 0.2) is 46.8 Å². The van der Waals surface area contributed by atoms with Crippen LogP contribution in [-0.2, 0) is 16.4 Å². The molecule has 0 radical (unpaired) electrons. The highest BCUT2D eigenvalue weighted by Crippen LogP contribution is 2.30. The lowest BCUT2D eigenvalue weighted by Crippen LogP contribution is -2.15. The molecule has 5 nitrogen and oxygen atoms in total. The Balaban J connectivity index is 2.05. The van der Waals surface area contributed by atoms with Gasteiger partial charge >= 0.3 is 0 Å². The van der Waals surface area contributed by atoms with Crippen molar-refractivity contribution >= 4 is 31.6 Å². The van der Waals surface area contributed by atoms with E-state index in [0.717, 1.165) is 28.7 Å². The molecule has 3 rings (SSSR count). The van der Waals surface area contributed by atoms with Crippen molar-refractivity contribution in [3.05, 3.63) is 47.5 Å². The molecule has 0 N–H and O–H groups in total. The van der Waals surface area contributed by atoms with Crippen LogP contribution in [0.3, 0.4) is 0 Å². The highest BCUT2D eigenvalue weighted by atomic mass is 32.2. The van der Waals surface area contributed by atoms with Gasteiger partial charge in [0.1, 0.15) is 10.6 Å². The van der Waals surface area contributed by atoms with E-state index >= 15 is 0 Å². The van der Waals surface area contributed by atoms with Crippen LogP contribution < -0.4 is 4.74 Å². The first-order valence-corrected chi connectivity index (χ1v) is 9.87. The van der Waals surface area contributed by atoms with Gasteiger partial charge in [-0.05, 0) is 61.8 Å². The van der Waals surface area contributed by atoms with Gasteiger partial charge in [0.15, 0.2) is 0 Å². The molecule has 2 heterocycles. The number of thiophene rings is 1. The topological polar surface area (TPSA) is 51.5 Å². The van der Waals surface area contributed by atoms with E-state index in [1.807, 2.05) is 25.5 Å². The van der Waals surface area contributed by atoms with Gasteiger partial charge in [-0.3, -0.25) is 0 Å². The first-order chi connectivity index (χ1) is 11.4. The number of methoxy groups -OCH3 is 1. The minimum Gasteiger partial charge on any atom is -0.497 e. The molecule has 0 fully saturated rings. The van der Waals surface area contributed by atoms with E-state index in [2.05, 4.69) is 4.90 Å². The minimum atomic E-state index is -3.62. The zero-order chi connectivity index (χ0) is 17.3. The molecule has 24 heavy (non-hydrogen) atoms. The predicted molar refractivity (Wildman–Crippen MR) is 97.7 cm³/mol. The van der Waals surface area contributed by atoms with Gasteiger partial charge in [0.25, 0.3) is 10.0 Å². The van der Waals surface area contributed by atoms with Crippen LogP contribution in [0, 0.1) is 0 Å². The number of likely N-dealkylation sites (N-methyl/N-ethyl adjacent to an activating group) is 1. The highest BCUT2D eigenvalue weighted by Gasteiger charge is 2.22. The molecule has 0 unspecified atom stereocenters. The largest absolute Gasteiger partial charge is 0.497 e. The molecule has 0 bridgehead atoms. The Morgan fingerprint density at radius 2 is 1.88 bits per heavy atom. The molecular formula is C17H20N2O3S2. The smallest absolute Gasteiger partial charge is 0.268 e. The molecule has 1 aromatic carbocycles. The Morgan fingerprint density at radius 3 is 2.50 bits per heavy atom. The SMILES string of the molecule is COc1ccc(S(=O)(=O)n2cc(CCN(C)C)c3ccsc32)cc1. The molecule has 0 aliphatic rings. The van der Waals surface area contributed by atoms with Crippen molar-refractivity contribution in [1.82, 2.24) is 8.87 Å². The van der Waals surface area contributed by atoms with E-state index in [1.54, 1.807) is 37.6 Å². The van der Waals surface area contributed by atoms with E-state index in [4.69, 9.17) is 4.74 Å². The van der Waals surface area contributed by atoms with Crippen LogP contribution in [0.5, 0.6) is 5.75 Å². The molecule has 0 aliphatic heterocycles. The normalized spacial score (nSPS) is 12.2. The molecule has 128 valence electrons. The number of nitrogens with zero attached hydrogens (tertiary/aromatic N) is 2. The Kier molecular flexibility index (Phi) is 4.67. The zero-order valence-electron chi connectivity index (χ0n) is 13.9. The summed E-state index contributed by atoms with van der Waals surface area (Å²) in [6, 6.07) is 8.47. The monoisotopic (exact) mass is 364 g/mol. The third-order valence-electron chi connectivity index (χ3n) is 3.91. The summed E-state index contributed by atoms with van der Waals surface area (Å²) in [6.45, 7) is 0.873. The van der Waals surface area contributed by atoms with Crippen molar-refractivity contribution in [2.24, 2.45) is 0 Å². The van der Waals surface area contributed by atoms with Gasteiger partial charge in [-0.15, -0.1) is 11.3 Å². The van der Waals surface area contributed by atoms with Crippen molar-refractivity contribution in [3.8, 4) is 5.75 Å². The molecule has 0 spiro atoms. The molecule has 0 amide bonds. The van der Waals surface area contributed by atoms with Crippen LogP contribution >= 0.6 is 11.3 Å². The van der Waals surface area contributed by atoms with E-state index < -0.39 is 10.0 Å². The number of aromatic nitrogens is 1. The fraction of sp³-hybridized carbons (Fsp3) is 0.294. The lowest BCUT2D eigenvalue weighted by atomic mass is 10.2. The molecule has 0 saturated heterocycles. The lowest BCUT2D eigenvalue weighted by molar-refractivity contribution is 0.414. The number of ether oxygens (including phenoxy) is 1. The first-order valence-electron chi connectivity index (χ1n) is 7.55. The lowest BCUT2D eigenvalue weighted by Gasteiger charge is -2.08. The average molecular weight is 364 g/mol. The first kappa shape index (κ1) is 17.0. The number of fused-ring (bicyclic) bond motifs is 1. The Hall–Kier alpha value is -1.83. The van der Waals surface area contributed by atoms with Crippen molar-refractivity contribution < 1.29 is 13.2 Å². The van der Waals surface area contributed by atoms with Crippen molar-refractivity contribution in [3.63, 3.8) is 0 Å². The van der Waals surface area contributed by atoms with Gasteiger partial charge in [0, 0.05) is 18.1 Å². The van der Waals surface area contributed by atoms with Gasteiger partial charge < -0.3 is 9.64 Å². The summed E-state index contributed by atoms with van der Waals surface area (Å²) in [5, 5.41) is 2.95. The van der Waals surface area contributed by atoms with Gasteiger partial charge in [0.05, 0.1) is 12.0 Å². The maximum absolute atomic E-state index is 13.0. The Bertz CT molecular complexity index is 938. The standard InChI is InChI=1S/C17H20N2O3S2/c1-18(2)10-8-13-12-19(17-16(13)9-11-23-17)24(20,21)15-6-4-14(22-3)5-7-15/h4-7,9,11-12H,8,10H2,1-3H3. The third kappa shape index (κ3) is 3.07. The summed E-state index contributed by atoms with van der Waals surface area (Å²) in [5.74, 6) is 0.634. The van der Waals surface area contributed by atoms with Crippen molar-refractivity contribution in [2.75, 3.05) is 27.7 Å². The summed E-state index contributed by atoms with van der Waals surface area (Å²) < 4.78 is 32.5. The van der Waals surface area contributed by atoms with Crippen molar-refractivity contribution in [1.29, 1.82) is 0 Å². The average Bonchev–Trinajstić information content (AvgIpc) is 3.15. The van der Waals surface area contributed by atoms with Crippen LogP contribution in [0.1, 0.15) is 5.56 Å². The van der Waals surface area contributed by atoms with Gasteiger partial charge in [-0.2, -0.15) is 0 Å². The number of hydrogen-bond acceptors (Lipinski definition) is 5. The Labute approximate surface area is 146 Å². The van der Waals surface area contributed by atoms with Crippen LogP contribution in [0.4, 0.5) is 0 Å². The number of rotatable bonds is 6. The summed E-state index contributed by atoms with van der Waals surface area (Å²) in [4.78, 5) is 3.11. The maximum Gasteiger partial charge on any atom is 0.268 e. The van der Waals surface area contributed by atoms with Crippen LogP contribution in [-0.4, -0.2) is 45.0 Å². The second kappa shape index (κ2) is 6.58. The molecule has 2 aromatic heterocycles. The van der Waals surface area contributed by atoms with Crippen LogP contribution in [0.25, 0.3) is 10.2 Å². The zero-order valence-corrected chi connectivity index (χ0v) is 15.5. The predicted octanol–water partition coefficient (Wildman–Crippen LogP) is 3.05. The molecule has 0 saturated carbocycles. The molecule has 3 aromatic rings. The molecule has 7 heteroatoms.